The summed E-state index contributed by atoms with van der Waals surface area (Å²) in [5.74, 6) is 1.56. The van der Waals surface area contributed by atoms with E-state index in [1.165, 1.54) is 0 Å². The van der Waals surface area contributed by atoms with E-state index in [2.05, 4.69) is 15.6 Å². The highest BCUT2D eigenvalue weighted by molar-refractivity contribution is 6.30. The van der Waals surface area contributed by atoms with Crippen molar-refractivity contribution in [2.24, 2.45) is 4.99 Å². The normalized spacial score (nSPS) is 18.3. The Morgan fingerprint density at radius 1 is 1.45 bits per heavy atom. The van der Waals surface area contributed by atoms with Gasteiger partial charge in [0.1, 0.15) is 5.75 Å². The molecule has 2 N–H and O–H groups in total. The SMILES string of the molecule is CCOc1cc(Cl)ccc1CNC(=NC)NCC1CCCO1. The summed E-state index contributed by atoms with van der Waals surface area (Å²) in [6, 6.07) is 5.67. The molecule has 0 spiro atoms. The first kappa shape index (κ1) is 16.9. The standard InChI is InChI=1S/C16H24ClN3O2/c1-3-21-15-9-13(17)7-6-12(15)10-19-16(18-2)20-11-14-5-4-8-22-14/h6-7,9,14H,3-5,8,10-11H2,1-2H3,(H2,18,19,20). The topological polar surface area (TPSA) is 54.9 Å². The molecule has 122 valence electrons. The van der Waals surface area contributed by atoms with Crippen LogP contribution in [0.25, 0.3) is 0 Å². The molecule has 0 bridgehead atoms. The predicted molar refractivity (Wildman–Crippen MR) is 89.8 cm³/mol. The minimum absolute atomic E-state index is 0.285. The Morgan fingerprint density at radius 3 is 3.00 bits per heavy atom. The van der Waals surface area contributed by atoms with E-state index < -0.39 is 0 Å². The van der Waals surface area contributed by atoms with Gasteiger partial charge in [-0.3, -0.25) is 4.99 Å². The first-order chi connectivity index (χ1) is 10.7. The van der Waals surface area contributed by atoms with Crippen molar-refractivity contribution >= 4 is 17.6 Å². The Hall–Kier alpha value is -1.46. The van der Waals surface area contributed by atoms with Crippen LogP contribution < -0.4 is 15.4 Å². The third-order valence-corrected chi connectivity index (χ3v) is 3.76. The van der Waals surface area contributed by atoms with E-state index in [-0.39, 0.29) is 6.10 Å². The molecule has 0 radical (unpaired) electrons. The highest BCUT2D eigenvalue weighted by Gasteiger charge is 2.15. The number of nitrogens with one attached hydrogen (secondary N) is 2. The maximum atomic E-state index is 6.01. The highest BCUT2D eigenvalue weighted by atomic mass is 35.5. The first-order valence-electron chi connectivity index (χ1n) is 7.70. The summed E-state index contributed by atoms with van der Waals surface area (Å²) in [6.07, 6.45) is 2.53. The molecule has 2 rings (SSSR count). The van der Waals surface area contributed by atoms with Gasteiger partial charge in [0.2, 0.25) is 0 Å². The van der Waals surface area contributed by atoms with Gasteiger partial charge in [0.05, 0.1) is 12.7 Å². The Morgan fingerprint density at radius 2 is 2.32 bits per heavy atom. The number of benzene rings is 1. The van der Waals surface area contributed by atoms with Crippen LogP contribution >= 0.6 is 11.6 Å². The number of guanidine groups is 1. The van der Waals surface area contributed by atoms with Gasteiger partial charge in [-0.2, -0.15) is 0 Å². The van der Waals surface area contributed by atoms with Gasteiger partial charge in [0, 0.05) is 37.3 Å². The molecule has 1 fully saturated rings. The number of ether oxygens (including phenoxy) is 2. The first-order valence-corrected chi connectivity index (χ1v) is 8.08. The molecule has 5 nitrogen and oxygen atoms in total. The van der Waals surface area contributed by atoms with Crippen molar-refractivity contribution in [3.63, 3.8) is 0 Å². The lowest BCUT2D eigenvalue weighted by atomic mass is 10.2. The van der Waals surface area contributed by atoms with Gasteiger partial charge >= 0.3 is 0 Å². The van der Waals surface area contributed by atoms with E-state index in [1.807, 2.05) is 25.1 Å². The van der Waals surface area contributed by atoms with Crippen LogP contribution in [0.5, 0.6) is 5.75 Å². The average Bonchev–Trinajstić information content (AvgIpc) is 3.03. The summed E-state index contributed by atoms with van der Waals surface area (Å²) < 4.78 is 11.2. The molecule has 0 aliphatic carbocycles. The molecule has 1 aromatic rings. The van der Waals surface area contributed by atoms with E-state index in [0.717, 1.165) is 43.3 Å². The van der Waals surface area contributed by atoms with Crippen molar-refractivity contribution in [2.45, 2.75) is 32.4 Å². The third-order valence-electron chi connectivity index (χ3n) is 3.52. The average molecular weight is 326 g/mol. The number of rotatable bonds is 6. The van der Waals surface area contributed by atoms with Crippen molar-refractivity contribution in [2.75, 3.05) is 26.8 Å². The quantitative estimate of drug-likeness (QED) is 0.623. The number of nitrogens with zero attached hydrogens (tertiary/aromatic N) is 1. The van der Waals surface area contributed by atoms with Crippen molar-refractivity contribution in [3.05, 3.63) is 28.8 Å². The van der Waals surface area contributed by atoms with E-state index in [1.54, 1.807) is 7.05 Å². The van der Waals surface area contributed by atoms with Gasteiger partial charge in [-0.25, -0.2) is 0 Å². The zero-order valence-electron chi connectivity index (χ0n) is 13.2. The molecule has 1 aliphatic rings. The molecule has 0 amide bonds. The van der Waals surface area contributed by atoms with Gasteiger partial charge < -0.3 is 20.1 Å². The fourth-order valence-electron chi connectivity index (χ4n) is 2.38. The zero-order chi connectivity index (χ0) is 15.8. The van der Waals surface area contributed by atoms with Crippen LogP contribution in [-0.2, 0) is 11.3 Å². The molecular weight excluding hydrogens is 302 g/mol. The Kier molecular flexibility index (Phi) is 6.80. The Balaban J connectivity index is 1.87. The van der Waals surface area contributed by atoms with Crippen molar-refractivity contribution in [3.8, 4) is 5.75 Å². The monoisotopic (exact) mass is 325 g/mol. The van der Waals surface area contributed by atoms with Crippen LogP contribution in [0, 0.1) is 0 Å². The van der Waals surface area contributed by atoms with Gasteiger partial charge in [-0.05, 0) is 31.9 Å². The van der Waals surface area contributed by atoms with Crippen LogP contribution in [0.1, 0.15) is 25.3 Å². The van der Waals surface area contributed by atoms with Crippen molar-refractivity contribution < 1.29 is 9.47 Å². The summed E-state index contributed by atoms with van der Waals surface area (Å²) in [7, 11) is 1.76. The minimum Gasteiger partial charge on any atom is -0.493 e. The second-order valence-corrected chi connectivity index (χ2v) is 5.56. The van der Waals surface area contributed by atoms with Crippen LogP contribution in [-0.4, -0.2) is 38.9 Å². The molecule has 1 aliphatic heterocycles. The van der Waals surface area contributed by atoms with Gasteiger partial charge in [-0.1, -0.05) is 17.7 Å². The number of aliphatic imine (C=N–C) groups is 1. The van der Waals surface area contributed by atoms with E-state index >= 15 is 0 Å². The molecule has 1 saturated heterocycles. The number of halogens is 1. The minimum atomic E-state index is 0.285. The summed E-state index contributed by atoms with van der Waals surface area (Å²) >= 11 is 6.01. The van der Waals surface area contributed by atoms with Crippen LogP contribution in [0.15, 0.2) is 23.2 Å². The van der Waals surface area contributed by atoms with Gasteiger partial charge in [-0.15, -0.1) is 0 Å². The van der Waals surface area contributed by atoms with E-state index in [0.29, 0.717) is 18.2 Å². The molecule has 1 unspecified atom stereocenters. The molecule has 1 heterocycles. The summed E-state index contributed by atoms with van der Waals surface area (Å²) in [4.78, 5) is 4.23. The fraction of sp³-hybridized carbons (Fsp3) is 0.562. The van der Waals surface area contributed by atoms with Crippen LogP contribution in [0.2, 0.25) is 5.02 Å². The smallest absolute Gasteiger partial charge is 0.191 e. The zero-order valence-corrected chi connectivity index (χ0v) is 13.9. The molecule has 22 heavy (non-hydrogen) atoms. The van der Waals surface area contributed by atoms with Crippen molar-refractivity contribution in [1.82, 2.24) is 10.6 Å². The third kappa shape index (κ3) is 5.07. The van der Waals surface area contributed by atoms with Gasteiger partial charge in [0.15, 0.2) is 5.96 Å². The molecule has 0 saturated carbocycles. The van der Waals surface area contributed by atoms with Gasteiger partial charge in [0.25, 0.3) is 0 Å². The maximum Gasteiger partial charge on any atom is 0.191 e. The largest absolute Gasteiger partial charge is 0.493 e. The second-order valence-electron chi connectivity index (χ2n) is 5.13. The lowest BCUT2D eigenvalue weighted by Gasteiger charge is -2.16. The lowest BCUT2D eigenvalue weighted by Crippen LogP contribution is -2.40. The number of hydrogen-bond acceptors (Lipinski definition) is 3. The molecule has 0 aromatic heterocycles. The Bertz CT molecular complexity index is 502. The summed E-state index contributed by atoms with van der Waals surface area (Å²) in [6.45, 7) is 4.83. The Labute approximate surface area is 137 Å². The van der Waals surface area contributed by atoms with E-state index in [9.17, 15) is 0 Å². The van der Waals surface area contributed by atoms with E-state index in [4.69, 9.17) is 21.1 Å². The highest BCUT2D eigenvalue weighted by Crippen LogP contribution is 2.23. The molecule has 1 atom stereocenters. The number of hydrogen-bond donors (Lipinski definition) is 2. The predicted octanol–water partition coefficient (Wildman–Crippen LogP) is 2.58. The fourth-order valence-corrected chi connectivity index (χ4v) is 2.54. The second kappa shape index (κ2) is 8.86. The van der Waals surface area contributed by atoms with Crippen molar-refractivity contribution in [1.29, 1.82) is 0 Å². The summed E-state index contributed by atoms with van der Waals surface area (Å²) in [5.41, 5.74) is 1.05. The van der Waals surface area contributed by atoms with Crippen LogP contribution in [0.3, 0.4) is 0 Å². The molecule has 1 aromatic carbocycles. The lowest BCUT2D eigenvalue weighted by molar-refractivity contribution is 0.114. The van der Waals surface area contributed by atoms with Crippen LogP contribution in [0.4, 0.5) is 0 Å². The summed E-state index contributed by atoms with van der Waals surface area (Å²) in [5, 5.41) is 7.25. The molecule has 6 heteroatoms. The molecular formula is C16H24ClN3O2. The maximum absolute atomic E-state index is 6.01.